The van der Waals surface area contributed by atoms with Crippen LogP contribution in [0.5, 0.6) is 0 Å². The number of aromatic nitrogens is 1. The van der Waals surface area contributed by atoms with E-state index in [0.717, 1.165) is 6.54 Å². The Morgan fingerprint density at radius 3 is 1.10 bits per heavy atom. The molecule has 40 heavy (non-hydrogen) atoms. The Balaban J connectivity index is 0.000000681. The van der Waals surface area contributed by atoms with Crippen LogP contribution in [0, 0.1) is 37.9 Å². The molecule has 4 aromatic carbocycles. The molecular weight excluding hydrogens is 522 g/mol. The van der Waals surface area contributed by atoms with Gasteiger partial charge in [-0.15, -0.1) is 10.2 Å². The summed E-state index contributed by atoms with van der Waals surface area (Å²) in [6.07, 6.45) is 0. The van der Waals surface area contributed by atoms with E-state index in [1.807, 2.05) is 0 Å². The highest BCUT2D eigenvalue weighted by molar-refractivity contribution is 5.74. The summed E-state index contributed by atoms with van der Waals surface area (Å²) < 4.78 is 36.4. The summed E-state index contributed by atoms with van der Waals surface area (Å²) >= 11 is 0. The molecule has 6 heteroatoms. The summed E-state index contributed by atoms with van der Waals surface area (Å²) in [5.41, 5.74) is 13.8. The second kappa shape index (κ2) is 12.6. The van der Waals surface area contributed by atoms with Crippen molar-refractivity contribution in [3.05, 3.63) is 137 Å². The van der Waals surface area contributed by atoms with E-state index < -0.39 is 10.2 Å². The molecule has 0 amide bonds. The summed E-state index contributed by atoms with van der Waals surface area (Å²) in [5.74, 6) is 0. The van der Waals surface area contributed by atoms with Gasteiger partial charge in [-0.3, -0.25) is 0 Å². The predicted octanol–water partition coefficient (Wildman–Crippen LogP) is 3.50. The number of benzene rings is 4. The number of halogens is 1. The van der Waals surface area contributed by atoms with Gasteiger partial charge >= 0.3 is 0 Å². The van der Waals surface area contributed by atoms with Crippen molar-refractivity contribution in [1.82, 2.24) is 0 Å². The lowest BCUT2D eigenvalue weighted by Crippen LogP contribution is -2.68. The number of aryl methyl sites for hydroxylation is 4. The zero-order chi connectivity index (χ0) is 28.9. The third-order valence-electron chi connectivity index (χ3n) is 6.71. The lowest BCUT2D eigenvalue weighted by Gasteiger charge is -2.17. The number of hydrogen-bond donors (Lipinski definition) is 0. The van der Waals surface area contributed by atoms with E-state index in [0.29, 0.717) is 0 Å². The van der Waals surface area contributed by atoms with E-state index in [4.69, 9.17) is 18.6 Å². The highest BCUT2D eigenvalue weighted by Crippen LogP contribution is 2.30. The number of nitrogens with zero attached hydrogens (tertiary/aromatic N) is 1. The summed E-state index contributed by atoms with van der Waals surface area (Å²) in [6, 6.07) is 40.2. The smallest absolute Gasteiger partial charge is 0.213 e. The Morgan fingerprint density at radius 2 is 0.750 bits per heavy atom. The van der Waals surface area contributed by atoms with E-state index in [1.165, 1.54) is 61.5 Å². The van der Waals surface area contributed by atoms with Crippen molar-refractivity contribution < 1.29 is 33.4 Å². The minimum Gasteiger partial charge on any atom is -0.222 e. The van der Waals surface area contributed by atoms with Gasteiger partial charge < -0.3 is 0 Å². The lowest BCUT2D eigenvalue weighted by molar-refractivity contribution is -2.00. The number of hydrogen-bond acceptors (Lipinski definition) is 4. The third kappa shape index (κ3) is 8.09. The maximum Gasteiger partial charge on any atom is 0.213 e. The lowest BCUT2D eigenvalue weighted by atomic mass is 9.97. The van der Waals surface area contributed by atoms with E-state index in [9.17, 15) is 0 Å². The summed E-state index contributed by atoms with van der Waals surface area (Å²) in [4.78, 5) is 0. The molecule has 1 heterocycles. The molecule has 204 valence electrons. The van der Waals surface area contributed by atoms with Crippen molar-refractivity contribution in [2.45, 2.75) is 34.2 Å². The Bertz CT molecular complexity index is 1480. The molecule has 0 saturated heterocycles. The zero-order valence-corrected chi connectivity index (χ0v) is 23.8. The molecule has 1 aromatic heterocycles. The molecule has 0 unspecified atom stereocenters. The van der Waals surface area contributed by atoms with Gasteiger partial charge in [0.05, 0.1) is 0 Å². The van der Waals surface area contributed by atoms with Crippen LogP contribution in [0.1, 0.15) is 27.8 Å². The topological polar surface area (TPSA) is 96.1 Å². The van der Waals surface area contributed by atoms with Crippen LogP contribution in [0.3, 0.4) is 0 Å². The van der Waals surface area contributed by atoms with E-state index in [2.05, 4.69) is 141 Å². The minimum absolute atomic E-state index is 0.806. The van der Waals surface area contributed by atoms with Gasteiger partial charge in [0, 0.05) is 28.8 Å². The first-order chi connectivity index (χ1) is 19.0. The quantitative estimate of drug-likeness (QED) is 0.311. The standard InChI is InChI=1S/C34H32N.ClHO4/c1-24-5-13-28(14-6-24)23-35-33(30-17-9-26(3)10-18-30)21-32(29-15-7-25(2)8-16-29)22-34(35)31-19-11-27(4)12-20-31;2-1(3,4)5/h5-22H,23H2,1-4H3;(H,2,3,4,5)/q+1;/p-1. The average Bonchev–Trinajstić information content (AvgIpc) is 2.91. The zero-order valence-electron chi connectivity index (χ0n) is 23.1. The van der Waals surface area contributed by atoms with E-state index in [-0.39, 0.29) is 0 Å². The van der Waals surface area contributed by atoms with Crippen LogP contribution in [-0.2, 0) is 6.54 Å². The monoisotopic (exact) mass is 553 g/mol. The molecular formula is C34H32ClNO4. The van der Waals surface area contributed by atoms with Crippen molar-refractivity contribution in [2.75, 3.05) is 0 Å². The van der Waals surface area contributed by atoms with Crippen LogP contribution in [-0.4, -0.2) is 0 Å². The second-order valence-corrected chi connectivity index (χ2v) is 10.8. The fraction of sp³-hybridized carbons (Fsp3) is 0.147. The van der Waals surface area contributed by atoms with Gasteiger partial charge in [-0.1, -0.05) is 95.1 Å². The van der Waals surface area contributed by atoms with Crippen LogP contribution >= 0.6 is 0 Å². The normalized spacial score (nSPS) is 11.1. The predicted molar refractivity (Wildman–Crippen MR) is 147 cm³/mol. The first kappa shape index (κ1) is 29.2. The minimum atomic E-state index is -4.94. The van der Waals surface area contributed by atoms with Crippen LogP contribution < -0.4 is 23.2 Å². The van der Waals surface area contributed by atoms with Gasteiger partial charge in [0.25, 0.3) is 0 Å². The molecule has 5 nitrogen and oxygen atoms in total. The van der Waals surface area contributed by atoms with Crippen molar-refractivity contribution in [1.29, 1.82) is 0 Å². The third-order valence-corrected chi connectivity index (χ3v) is 6.71. The number of rotatable bonds is 5. The molecule has 0 aliphatic heterocycles. The number of pyridine rings is 1. The first-order valence-electron chi connectivity index (χ1n) is 12.9. The van der Waals surface area contributed by atoms with Crippen molar-refractivity contribution >= 4 is 0 Å². The van der Waals surface area contributed by atoms with Crippen LogP contribution in [0.15, 0.2) is 109 Å². The molecule has 0 saturated carbocycles. The van der Waals surface area contributed by atoms with Crippen molar-refractivity contribution in [3.8, 4) is 33.6 Å². The van der Waals surface area contributed by atoms with Crippen LogP contribution in [0.2, 0.25) is 0 Å². The highest BCUT2D eigenvalue weighted by atomic mass is 35.7. The molecule has 0 radical (unpaired) electrons. The van der Waals surface area contributed by atoms with E-state index >= 15 is 0 Å². The van der Waals surface area contributed by atoms with Gasteiger partial charge in [0.15, 0.2) is 6.54 Å². The molecule has 0 atom stereocenters. The molecule has 0 bridgehead atoms. The Morgan fingerprint density at radius 1 is 0.450 bits per heavy atom. The Kier molecular flexibility index (Phi) is 9.15. The fourth-order valence-electron chi connectivity index (χ4n) is 4.51. The summed E-state index contributed by atoms with van der Waals surface area (Å²) in [7, 11) is -4.94. The molecule has 0 fully saturated rings. The van der Waals surface area contributed by atoms with Gasteiger partial charge in [0.1, 0.15) is 0 Å². The first-order valence-corrected chi connectivity index (χ1v) is 14.2. The summed E-state index contributed by atoms with van der Waals surface area (Å²) in [6.45, 7) is 9.37. The van der Waals surface area contributed by atoms with Gasteiger partial charge in [-0.05, 0) is 63.1 Å². The Hall–Kier alpha value is -3.84. The SMILES string of the molecule is Cc1ccc(C[n+]2c(-c3ccc(C)cc3)cc(-c3ccc(C)cc3)cc2-c2ccc(C)cc2)cc1.[O-][Cl+3]([O-])([O-])[O-]. The van der Waals surface area contributed by atoms with Gasteiger partial charge in [0.2, 0.25) is 11.4 Å². The maximum atomic E-state index is 8.49. The Labute approximate surface area is 238 Å². The second-order valence-electron chi connectivity index (χ2n) is 10.1. The molecule has 5 rings (SSSR count). The fourth-order valence-corrected chi connectivity index (χ4v) is 4.51. The molecule has 5 aromatic rings. The van der Waals surface area contributed by atoms with E-state index in [1.54, 1.807) is 0 Å². The van der Waals surface area contributed by atoms with Crippen molar-refractivity contribution in [3.63, 3.8) is 0 Å². The molecule has 0 spiro atoms. The maximum absolute atomic E-state index is 8.49. The largest absolute Gasteiger partial charge is 0.222 e. The molecule has 0 aliphatic carbocycles. The molecule has 0 N–H and O–H groups in total. The van der Waals surface area contributed by atoms with Gasteiger partial charge in [-0.2, -0.15) is 4.57 Å². The van der Waals surface area contributed by atoms with Gasteiger partial charge in [-0.25, -0.2) is 18.6 Å². The molecule has 0 aliphatic rings. The van der Waals surface area contributed by atoms with Crippen LogP contribution in [0.25, 0.3) is 33.6 Å². The van der Waals surface area contributed by atoms with Crippen LogP contribution in [0.4, 0.5) is 0 Å². The average molecular weight is 554 g/mol. The summed E-state index contributed by atoms with van der Waals surface area (Å²) in [5, 5.41) is 0. The highest BCUT2D eigenvalue weighted by Gasteiger charge is 2.23. The van der Waals surface area contributed by atoms with Crippen molar-refractivity contribution in [2.24, 2.45) is 0 Å².